The highest BCUT2D eigenvalue weighted by Gasteiger charge is 2.35. The van der Waals surface area contributed by atoms with Gasteiger partial charge in [0.15, 0.2) is 17.5 Å². The smallest absolute Gasteiger partial charge is 0.164 e. The molecule has 0 N–H and O–H groups in total. The Bertz CT molecular complexity index is 2640. The molecule has 0 amide bonds. The van der Waals surface area contributed by atoms with E-state index >= 15 is 0 Å². The van der Waals surface area contributed by atoms with E-state index in [1.807, 2.05) is 0 Å². The molecular formula is C54H39N3. The van der Waals surface area contributed by atoms with Crippen molar-refractivity contribution in [1.82, 2.24) is 15.0 Å². The summed E-state index contributed by atoms with van der Waals surface area (Å²) in [7, 11) is 0. The Labute approximate surface area is 334 Å². The Morgan fingerprint density at radius 3 is 1.02 bits per heavy atom. The largest absolute Gasteiger partial charge is 0.208 e. The summed E-state index contributed by atoms with van der Waals surface area (Å²) >= 11 is 0. The lowest BCUT2D eigenvalue weighted by Crippen LogP contribution is -2.15. The summed E-state index contributed by atoms with van der Waals surface area (Å²) in [5.74, 6) is 1.89. The summed E-state index contributed by atoms with van der Waals surface area (Å²) in [6, 6.07) is 71.0. The maximum absolute atomic E-state index is 5.35. The number of nitrogens with zero attached hydrogens (tertiary/aromatic N) is 3. The first-order chi connectivity index (χ1) is 28.0. The molecule has 0 fully saturated rings. The van der Waals surface area contributed by atoms with Gasteiger partial charge in [0, 0.05) is 22.1 Å². The van der Waals surface area contributed by atoms with E-state index in [1.54, 1.807) is 0 Å². The molecule has 57 heavy (non-hydrogen) atoms. The quantitative estimate of drug-likeness (QED) is 0.164. The van der Waals surface area contributed by atoms with Gasteiger partial charge in [0.05, 0.1) is 0 Å². The van der Waals surface area contributed by atoms with Gasteiger partial charge in [0.1, 0.15) is 0 Å². The van der Waals surface area contributed by atoms with Crippen molar-refractivity contribution in [2.45, 2.75) is 19.3 Å². The summed E-state index contributed by atoms with van der Waals surface area (Å²) < 4.78 is 0. The van der Waals surface area contributed by atoms with E-state index in [-0.39, 0.29) is 5.41 Å². The Hall–Kier alpha value is -7.23. The molecule has 0 unspecified atom stereocenters. The molecule has 1 aliphatic carbocycles. The van der Waals surface area contributed by atoms with E-state index in [2.05, 4.69) is 214 Å². The lowest BCUT2D eigenvalue weighted by molar-refractivity contribution is 0.660. The Morgan fingerprint density at radius 2 is 0.596 bits per heavy atom. The predicted octanol–water partition coefficient (Wildman–Crippen LogP) is 13.8. The van der Waals surface area contributed by atoms with Crippen molar-refractivity contribution in [3.05, 3.63) is 211 Å². The second-order valence-electron chi connectivity index (χ2n) is 15.3. The van der Waals surface area contributed by atoms with Crippen molar-refractivity contribution in [1.29, 1.82) is 0 Å². The minimum Gasteiger partial charge on any atom is -0.208 e. The molecule has 3 heteroatoms. The number of fused-ring (bicyclic) bond motifs is 3. The van der Waals surface area contributed by atoms with Crippen LogP contribution in [-0.4, -0.2) is 15.0 Å². The van der Waals surface area contributed by atoms with Crippen LogP contribution in [0.5, 0.6) is 0 Å². The van der Waals surface area contributed by atoms with Crippen LogP contribution < -0.4 is 0 Å². The fraction of sp³-hybridized carbons (Fsp3) is 0.0556. The topological polar surface area (TPSA) is 38.7 Å². The fourth-order valence-electron chi connectivity index (χ4n) is 8.31. The van der Waals surface area contributed by atoms with E-state index in [1.165, 1.54) is 22.3 Å². The van der Waals surface area contributed by atoms with Crippen molar-refractivity contribution in [3.63, 3.8) is 0 Å². The standard InChI is InChI=1S/C54H39N3/c1-54(2)49-26-16-15-25-47(49)48-28-27-40(35-50(48)54)51-55-52(45-31-41(36-17-7-3-8-18-36)29-42(32-45)37-19-9-4-10-20-37)57-53(56-51)46-33-43(38-21-11-5-12-22-38)30-44(34-46)39-23-13-6-14-24-39/h3-35H,1-2H3. The van der Waals surface area contributed by atoms with Gasteiger partial charge in [-0.3, -0.25) is 0 Å². The van der Waals surface area contributed by atoms with Crippen LogP contribution in [0.15, 0.2) is 200 Å². The molecule has 0 radical (unpaired) electrons. The van der Waals surface area contributed by atoms with E-state index < -0.39 is 0 Å². The molecule has 1 aromatic heterocycles. The highest BCUT2D eigenvalue weighted by atomic mass is 15.0. The summed E-state index contributed by atoms with van der Waals surface area (Å²) in [5.41, 5.74) is 16.8. The van der Waals surface area contributed by atoms with Crippen molar-refractivity contribution in [2.24, 2.45) is 0 Å². The third-order valence-corrected chi connectivity index (χ3v) is 11.3. The van der Waals surface area contributed by atoms with Gasteiger partial charge in [-0.25, -0.2) is 15.0 Å². The molecule has 0 bridgehead atoms. The van der Waals surface area contributed by atoms with Gasteiger partial charge in [-0.15, -0.1) is 0 Å². The molecule has 0 saturated carbocycles. The number of hydrogen-bond donors (Lipinski definition) is 0. The van der Waals surface area contributed by atoms with E-state index in [4.69, 9.17) is 15.0 Å². The molecule has 10 rings (SSSR count). The van der Waals surface area contributed by atoms with Crippen molar-refractivity contribution in [3.8, 4) is 89.8 Å². The van der Waals surface area contributed by atoms with Crippen LogP contribution in [0.4, 0.5) is 0 Å². The van der Waals surface area contributed by atoms with Crippen LogP contribution in [0.25, 0.3) is 89.8 Å². The molecule has 0 atom stereocenters. The number of rotatable bonds is 7. The van der Waals surface area contributed by atoms with Crippen LogP contribution in [0.3, 0.4) is 0 Å². The van der Waals surface area contributed by atoms with Gasteiger partial charge in [0.2, 0.25) is 0 Å². The first-order valence-electron chi connectivity index (χ1n) is 19.5. The third kappa shape index (κ3) is 6.43. The summed E-state index contributed by atoms with van der Waals surface area (Å²) in [6.45, 7) is 4.62. The maximum atomic E-state index is 5.35. The maximum Gasteiger partial charge on any atom is 0.164 e. The minimum absolute atomic E-state index is 0.163. The normalized spacial score (nSPS) is 12.5. The SMILES string of the molecule is CC1(C)c2ccccc2-c2ccc(-c3nc(-c4cc(-c5ccccc5)cc(-c5ccccc5)c4)nc(-c4cc(-c5ccccc5)cc(-c5ccccc5)c4)n3)cc21. The Kier molecular flexibility index (Phi) is 8.49. The van der Waals surface area contributed by atoms with Crippen molar-refractivity contribution >= 4 is 0 Å². The molecule has 1 heterocycles. The number of hydrogen-bond acceptors (Lipinski definition) is 3. The lowest BCUT2D eigenvalue weighted by atomic mass is 9.82. The lowest BCUT2D eigenvalue weighted by Gasteiger charge is -2.21. The van der Waals surface area contributed by atoms with Crippen LogP contribution in [0.2, 0.25) is 0 Å². The summed E-state index contributed by atoms with van der Waals surface area (Å²) in [6.07, 6.45) is 0. The first-order valence-corrected chi connectivity index (χ1v) is 19.5. The molecule has 9 aromatic rings. The van der Waals surface area contributed by atoms with Crippen LogP contribution in [-0.2, 0) is 5.41 Å². The third-order valence-electron chi connectivity index (χ3n) is 11.3. The number of aromatic nitrogens is 3. The highest BCUT2D eigenvalue weighted by Crippen LogP contribution is 2.49. The molecule has 0 saturated heterocycles. The zero-order valence-corrected chi connectivity index (χ0v) is 31.9. The van der Waals surface area contributed by atoms with Crippen molar-refractivity contribution in [2.75, 3.05) is 0 Å². The first kappa shape index (κ1) is 34.3. The van der Waals surface area contributed by atoms with Gasteiger partial charge < -0.3 is 0 Å². The molecular weight excluding hydrogens is 691 g/mol. The fourth-order valence-corrected chi connectivity index (χ4v) is 8.31. The zero-order chi connectivity index (χ0) is 38.3. The van der Waals surface area contributed by atoms with Gasteiger partial charge in [-0.2, -0.15) is 0 Å². The minimum atomic E-state index is -0.163. The molecule has 8 aromatic carbocycles. The molecule has 1 aliphatic rings. The van der Waals surface area contributed by atoms with Crippen LogP contribution in [0, 0.1) is 0 Å². The highest BCUT2D eigenvalue weighted by molar-refractivity contribution is 5.85. The second kappa shape index (κ2) is 14.1. The average molecular weight is 730 g/mol. The Balaban J connectivity index is 1.21. The summed E-state index contributed by atoms with van der Waals surface area (Å²) in [5, 5.41) is 0. The van der Waals surface area contributed by atoms with E-state index in [9.17, 15) is 0 Å². The van der Waals surface area contributed by atoms with E-state index in [0.29, 0.717) is 17.5 Å². The molecule has 0 spiro atoms. The van der Waals surface area contributed by atoms with Crippen LogP contribution in [0.1, 0.15) is 25.0 Å². The van der Waals surface area contributed by atoms with Gasteiger partial charge in [-0.05, 0) is 109 Å². The second-order valence-corrected chi connectivity index (χ2v) is 15.3. The van der Waals surface area contributed by atoms with Gasteiger partial charge >= 0.3 is 0 Å². The molecule has 3 nitrogen and oxygen atoms in total. The number of benzene rings is 8. The zero-order valence-electron chi connectivity index (χ0n) is 31.9. The monoisotopic (exact) mass is 729 g/mol. The average Bonchev–Trinajstić information content (AvgIpc) is 3.52. The van der Waals surface area contributed by atoms with Gasteiger partial charge in [-0.1, -0.05) is 172 Å². The Morgan fingerprint density at radius 1 is 0.263 bits per heavy atom. The van der Waals surface area contributed by atoms with Crippen LogP contribution >= 0.6 is 0 Å². The van der Waals surface area contributed by atoms with Gasteiger partial charge in [0.25, 0.3) is 0 Å². The van der Waals surface area contributed by atoms with Crippen molar-refractivity contribution < 1.29 is 0 Å². The van der Waals surface area contributed by atoms with E-state index in [0.717, 1.165) is 61.2 Å². The molecule has 270 valence electrons. The summed E-state index contributed by atoms with van der Waals surface area (Å²) in [4.78, 5) is 16.0. The molecule has 0 aliphatic heterocycles. The predicted molar refractivity (Wildman–Crippen MR) is 235 cm³/mol.